The van der Waals surface area contributed by atoms with Crippen molar-refractivity contribution in [3.05, 3.63) is 59.7 Å². The molecule has 2 amide bonds. The van der Waals surface area contributed by atoms with Crippen molar-refractivity contribution < 1.29 is 14.3 Å². The lowest BCUT2D eigenvalue weighted by Crippen LogP contribution is -2.40. The van der Waals surface area contributed by atoms with Crippen molar-refractivity contribution >= 4 is 17.5 Å². The summed E-state index contributed by atoms with van der Waals surface area (Å²) < 4.78 is 5.62. The minimum Gasteiger partial charge on any atom is -0.491 e. The number of para-hydroxylation sites is 2. The molecule has 0 unspecified atom stereocenters. The van der Waals surface area contributed by atoms with E-state index in [2.05, 4.69) is 34.5 Å². The van der Waals surface area contributed by atoms with E-state index in [1.165, 1.54) is 36.4 Å². The lowest BCUT2D eigenvalue weighted by Gasteiger charge is -2.21. The Balaban J connectivity index is 1.32. The molecule has 0 aliphatic carbocycles. The van der Waals surface area contributed by atoms with Gasteiger partial charge in [-0.2, -0.15) is 0 Å². The van der Waals surface area contributed by atoms with Gasteiger partial charge >= 0.3 is 0 Å². The second-order valence-corrected chi connectivity index (χ2v) is 7.62. The summed E-state index contributed by atoms with van der Waals surface area (Å²) >= 11 is 0. The molecule has 2 aromatic rings. The Hall–Kier alpha value is -2.86. The van der Waals surface area contributed by atoms with E-state index in [9.17, 15) is 9.59 Å². The molecule has 2 aromatic carbocycles. The highest BCUT2D eigenvalue weighted by molar-refractivity contribution is 6.00. The zero-order valence-electron chi connectivity index (χ0n) is 16.6. The first-order valence-corrected chi connectivity index (χ1v) is 10.3. The molecular weight excluding hydrogens is 366 g/mol. The number of benzene rings is 2. The second kappa shape index (κ2) is 9.09. The molecule has 2 aliphatic rings. The Kier molecular flexibility index (Phi) is 6.10. The van der Waals surface area contributed by atoms with Crippen LogP contribution in [0.4, 0.5) is 5.69 Å². The van der Waals surface area contributed by atoms with Gasteiger partial charge < -0.3 is 10.1 Å². The summed E-state index contributed by atoms with van der Waals surface area (Å²) in [4.78, 5) is 28.9. The van der Waals surface area contributed by atoms with Crippen LogP contribution in [0.5, 0.6) is 5.75 Å². The van der Waals surface area contributed by atoms with Gasteiger partial charge in [-0.15, -0.1) is 0 Å². The summed E-state index contributed by atoms with van der Waals surface area (Å²) in [6.07, 6.45) is 2.85. The van der Waals surface area contributed by atoms with Crippen molar-refractivity contribution in [2.45, 2.75) is 32.4 Å². The van der Waals surface area contributed by atoms with Crippen molar-refractivity contribution in [3.8, 4) is 5.75 Å². The third kappa shape index (κ3) is 4.95. The van der Waals surface area contributed by atoms with Crippen LogP contribution in [0, 0.1) is 0 Å². The van der Waals surface area contributed by atoms with Gasteiger partial charge in [-0.05, 0) is 49.2 Å². The zero-order chi connectivity index (χ0) is 20.1. The SMILES string of the molecule is O=C(CN1C(=O)CCOc2ccccc21)NCc1ccc(CN2CCCC2)cc1. The van der Waals surface area contributed by atoms with Crippen molar-refractivity contribution in [2.75, 3.05) is 31.1 Å². The number of ether oxygens (including phenoxy) is 1. The Morgan fingerprint density at radius 1 is 1.00 bits per heavy atom. The Labute approximate surface area is 171 Å². The Morgan fingerprint density at radius 2 is 1.72 bits per heavy atom. The van der Waals surface area contributed by atoms with E-state index < -0.39 is 0 Å². The van der Waals surface area contributed by atoms with E-state index in [1.54, 1.807) is 0 Å². The molecule has 0 radical (unpaired) electrons. The van der Waals surface area contributed by atoms with E-state index in [4.69, 9.17) is 4.74 Å². The fourth-order valence-electron chi connectivity index (χ4n) is 3.85. The highest BCUT2D eigenvalue weighted by Gasteiger charge is 2.24. The Bertz CT molecular complexity index is 860. The molecule has 6 nitrogen and oxygen atoms in total. The minimum atomic E-state index is -0.184. The molecule has 1 fully saturated rings. The molecule has 2 aliphatic heterocycles. The quantitative estimate of drug-likeness (QED) is 0.820. The van der Waals surface area contributed by atoms with Gasteiger partial charge in [0.1, 0.15) is 12.3 Å². The number of fused-ring (bicyclic) bond motifs is 1. The summed E-state index contributed by atoms with van der Waals surface area (Å²) in [5.74, 6) is 0.354. The molecule has 2 heterocycles. The van der Waals surface area contributed by atoms with Crippen molar-refractivity contribution in [2.24, 2.45) is 0 Å². The summed E-state index contributed by atoms with van der Waals surface area (Å²) in [5, 5.41) is 2.93. The van der Waals surface area contributed by atoms with Gasteiger partial charge in [0.2, 0.25) is 11.8 Å². The van der Waals surface area contributed by atoms with Crippen LogP contribution in [0.3, 0.4) is 0 Å². The molecule has 0 spiro atoms. The highest BCUT2D eigenvalue weighted by Crippen LogP contribution is 2.30. The van der Waals surface area contributed by atoms with Crippen molar-refractivity contribution in [1.29, 1.82) is 0 Å². The molecule has 29 heavy (non-hydrogen) atoms. The van der Waals surface area contributed by atoms with E-state index in [-0.39, 0.29) is 24.8 Å². The van der Waals surface area contributed by atoms with Crippen LogP contribution in [0.2, 0.25) is 0 Å². The monoisotopic (exact) mass is 393 g/mol. The van der Waals surface area contributed by atoms with E-state index >= 15 is 0 Å². The number of anilines is 1. The van der Waals surface area contributed by atoms with Gasteiger partial charge in [0, 0.05) is 13.1 Å². The number of likely N-dealkylation sites (tertiary alicyclic amines) is 1. The number of hydrogen-bond donors (Lipinski definition) is 1. The third-order valence-corrected chi connectivity index (χ3v) is 5.45. The molecule has 152 valence electrons. The predicted molar refractivity (Wildman–Crippen MR) is 112 cm³/mol. The van der Waals surface area contributed by atoms with E-state index in [1.807, 2.05) is 24.3 Å². The van der Waals surface area contributed by atoms with Gasteiger partial charge in [0.15, 0.2) is 0 Å². The number of nitrogens with zero attached hydrogens (tertiary/aromatic N) is 2. The average molecular weight is 393 g/mol. The van der Waals surface area contributed by atoms with Gasteiger partial charge in [-0.1, -0.05) is 36.4 Å². The first-order valence-electron chi connectivity index (χ1n) is 10.3. The molecule has 0 bridgehead atoms. The average Bonchev–Trinajstić information content (AvgIpc) is 3.19. The number of nitrogens with one attached hydrogen (secondary N) is 1. The molecule has 0 atom stereocenters. The number of hydrogen-bond acceptors (Lipinski definition) is 4. The summed E-state index contributed by atoms with van der Waals surface area (Å²) in [5.41, 5.74) is 3.00. The van der Waals surface area contributed by atoms with E-state index in [0.717, 1.165) is 12.1 Å². The zero-order valence-corrected chi connectivity index (χ0v) is 16.6. The number of rotatable bonds is 6. The van der Waals surface area contributed by atoms with Gasteiger partial charge in [0.25, 0.3) is 0 Å². The normalized spacial score (nSPS) is 16.8. The summed E-state index contributed by atoms with van der Waals surface area (Å²) in [7, 11) is 0. The highest BCUT2D eigenvalue weighted by atomic mass is 16.5. The molecule has 4 rings (SSSR count). The number of amides is 2. The summed E-state index contributed by atoms with van der Waals surface area (Å²) in [6.45, 7) is 4.13. The first-order chi connectivity index (χ1) is 14.2. The topological polar surface area (TPSA) is 61.9 Å². The van der Waals surface area contributed by atoms with Gasteiger partial charge in [-0.3, -0.25) is 19.4 Å². The molecule has 0 saturated carbocycles. The maximum atomic E-state index is 12.5. The molecule has 1 saturated heterocycles. The molecular formula is C23H27N3O3. The maximum Gasteiger partial charge on any atom is 0.240 e. The number of carbonyl (C=O) groups is 2. The van der Waals surface area contributed by atoms with Crippen LogP contribution >= 0.6 is 0 Å². The van der Waals surface area contributed by atoms with Crippen LogP contribution in [-0.4, -0.2) is 43.0 Å². The molecule has 1 N–H and O–H groups in total. The van der Waals surface area contributed by atoms with Crippen LogP contribution in [-0.2, 0) is 22.7 Å². The summed E-state index contributed by atoms with van der Waals surface area (Å²) in [6, 6.07) is 15.7. The minimum absolute atomic E-state index is 0.00769. The third-order valence-electron chi connectivity index (χ3n) is 5.45. The van der Waals surface area contributed by atoms with Crippen molar-refractivity contribution in [1.82, 2.24) is 10.2 Å². The Morgan fingerprint density at radius 3 is 2.52 bits per heavy atom. The fraction of sp³-hybridized carbons (Fsp3) is 0.391. The van der Waals surface area contributed by atoms with Gasteiger partial charge in [0.05, 0.1) is 18.7 Å². The van der Waals surface area contributed by atoms with Crippen LogP contribution in [0.1, 0.15) is 30.4 Å². The van der Waals surface area contributed by atoms with E-state index in [0.29, 0.717) is 24.6 Å². The smallest absolute Gasteiger partial charge is 0.240 e. The largest absolute Gasteiger partial charge is 0.491 e. The van der Waals surface area contributed by atoms with Crippen LogP contribution < -0.4 is 15.0 Å². The standard InChI is InChI=1S/C23H27N3O3/c27-22(17-26-20-5-1-2-6-21(20)29-14-11-23(26)28)24-15-18-7-9-19(10-8-18)16-25-12-3-4-13-25/h1-2,5-10H,3-4,11-17H2,(H,24,27). The predicted octanol–water partition coefficient (Wildman–Crippen LogP) is 2.71. The van der Waals surface area contributed by atoms with Crippen LogP contribution in [0.15, 0.2) is 48.5 Å². The molecule has 0 aromatic heterocycles. The number of carbonyl (C=O) groups excluding carboxylic acids is 2. The fourth-order valence-corrected chi connectivity index (χ4v) is 3.85. The lowest BCUT2D eigenvalue weighted by atomic mass is 10.1. The maximum absolute atomic E-state index is 12.5. The van der Waals surface area contributed by atoms with Crippen LogP contribution in [0.25, 0.3) is 0 Å². The molecule has 6 heteroatoms. The first kappa shape index (κ1) is 19.5. The van der Waals surface area contributed by atoms with Gasteiger partial charge in [-0.25, -0.2) is 0 Å². The lowest BCUT2D eigenvalue weighted by molar-refractivity contribution is -0.124. The van der Waals surface area contributed by atoms with Crippen molar-refractivity contribution in [3.63, 3.8) is 0 Å². The second-order valence-electron chi connectivity index (χ2n) is 7.62.